The molecule has 1 saturated heterocycles. The molecule has 5 nitrogen and oxygen atoms in total. The minimum Gasteiger partial charge on any atom is -0.394 e. The summed E-state index contributed by atoms with van der Waals surface area (Å²) in [6.45, 7) is 0.00799. The van der Waals surface area contributed by atoms with Crippen LogP contribution < -0.4 is 5.32 Å². The second-order valence-electron chi connectivity index (χ2n) is 3.41. The molecule has 0 bridgehead atoms. The smallest absolute Gasteiger partial charge is 0.174 e. The summed E-state index contributed by atoms with van der Waals surface area (Å²) in [6, 6.07) is 0. The van der Waals surface area contributed by atoms with Gasteiger partial charge in [-0.05, 0) is 31.1 Å². The quantitative estimate of drug-likeness (QED) is 0.412. The molecule has 0 radical (unpaired) electrons. The molecule has 1 aliphatic heterocycles. The number of carbonyl (C=O) groups is 1. The normalized spacial score (nSPS) is 24.6. The molecule has 0 aromatic heterocycles. The molecule has 2 N–H and O–H groups in total. The first-order chi connectivity index (χ1) is 7.72. The van der Waals surface area contributed by atoms with E-state index in [1.165, 1.54) is 6.08 Å². The molecular formula is C10H16N2O3S. The number of aliphatic hydroxyl groups is 1. The van der Waals surface area contributed by atoms with Crippen LogP contribution in [0, 0.1) is 0 Å². The fourth-order valence-corrected chi connectivity index (χ4v) is 1.76. The van der Waals surface area contributed by atoms with Crippen LogP contribution in [0.4, 0.5) is 0 Å². The number of rotatable bonds is 4. The van der Waals surface area contributed by atoms with Gasteiger partial charge in [0, 0.05) is 13.2 Å². The van der Waals surface area contributed by atoms with Gasteiger partial charge in [-0.2, -0.15) is 0 Å². The van der Waals surface area contributed by atoms with Crippen LogP contribution in [-0.4, -0.2) is 47.4 Å². The number of aliphatic hydroxyl groups excluding tert-OH is 1. The van der Waals surface area contributed by atoms with Crippen molar-refractivity contribution in [3.63, 3.8) is 0 Å². The molecule has 16 heavy (non-hydrogen) atoms. The monoisotopic (exact) mass is 244 g/mol. The lowest BCUT2D eigenvalue weighted by atomic mass is 10.2. The van der Waals surface area contributed by atoms with Crippen LogP contribution in [0.5, 0.6) is 0 Å². The van der Waals surface area contributed by atoms with Crippen LogP contribution in [0.15, 0.2) is 12.3 Å². The van der Waals surface area contributed by atoms with Gasteiger partial charge in [0.1, 0.15) is 12.5 Å². The van der Waals surface area contributed by atoms with Gasteiger partial charge in [-0.25, -0.2) is 0 Å². The van der Waals surface area contributed by atoms with E-state index in [9.17, 15) is 4.79 Å². The van der Waals surface area contributed by atoms with E-state index in [2.05, 4.69) is 5.32 Å². The van der Waals surface area contributed by atoms with Crippen LogP contribution >= 0.6 is 12.2 Å². The summed E-state index contributed by atoms with van der Waals surface area (Å²) in [4.78, 5) is 12.0. The van der Waals surface area contributed by atoms with Gasteiger partial charge in [-0.15, -0.1) is 0 Å². The molecule has 0 aromatic carbocycles. The van der Waals surface area contributed by atoms with Crippen LogP contribution in [-0.2, 0) is 9.53 Å². The molecular weight excluding hydrogens is 228 g/mol. The Bertz CT molecular complexity index is 283. The van der Waals surface area contributed by atoms with Gasteiger partial charge in [0.15, 0.2) is 5.11 Å². The zero-order valence-electron chi connectivity index (χ0n) is 9.13. The maximum Gasteiger partial charge on any atom is 0.174 e. The summed E-state index contributed by atoms with van der Waals surface area (Å²) >= 11 is 5.11. The molecule has 0 amide bonds. The SMILES string of the molecule is CNC(=S)N(/C=C\C=O)[C@H]1CC[C@@H](CO)O1. The van der Waals surface area contributed by atoms with Crippen molar-refractivity contribution in [1.29, 1.82) is 0 Å². The fourth-order valence-electron chi connectivity index (χ4n) is 1.58. The number of carbonyl (C=O) groups excluding carboxylic acids is 1. The minimum atomic E-state index is -0.215. The van der Waals surface area contributed by atoms with E-state index in [4.69, 9.17) is 22.1 Å². The number of hydrogen-bond acceptors (Lipinski definition) is 4. The van der Waals surface area contributed by atoms with Crippen LogP contribution in [0.3, 0.4) is 0 Å². The number of nitrogens with zero attached hydrogens (tertiary/aromatic N) is 1. The summed E-state index contributed by atoms with van der Waals surface area (Å²) in [5.41, 5.74) is 0. The maximum absolute atomic E-state index is 10.3. The van der Waals surface area contributed by atoms with E-state index in [1.54, 1.807) is 18.1 Å². The van der Waals surface area contributed by atoms with Crippen molar-refractivity contribution in [2.24, 2.45) is 0 Å². The molecule has 0 unspecified atom stereocenters. The van der Waals surface area contributed by atoms with Crippen LogP contribution in [0.25, 0.3) is 0 Å². The topological polar surface area (TPSA) is 61.8 Å². The third-order valence-electron chi connectivity index (χ3n) is 2.37. The number of thiocarbonyl (C=S) groups is 1. The molecule has 1 fully saturated rings. The van der Waals surface area contributed by atoms with Gasteiger partial charge >= 0.3 is 0 Å². The summed E-state index contributed by atoms with van der Waals surface area (Å²) in [6.07, 6.45) is 4.83. The standard InChI is InChI=1S/C10H16N2O3S/c1-11-10(16)12(5-2-6-13)9-4-3-8(7-14)15-9/h2,5-6,8-9,14H,3-4,7H2,1H3,(H,11,16)/b5-2-/t8-,9+/m0/s1. The molecule has 1 heterocycles. The summed E-state index contributed by atoms with van der Waals surface area (Å²) < 4.78 is 5.57. The summed E-state index contributed by atoms with van der Waals surface area (Å²) in [5, 5.41) is 12.3. The Morgan fingerprint density at radius 1 is 1.69 bits per heavy atom. The molecule has 0 saturated carbocycles. The average molecular weight is 244 g/mol. The first-order valence-electron chi connectivity index (χ1n) is 5.11. The second kappa shape index (κ2) is 6.57. The third-order valence-corrected chi connectivity index (χ3v) is 2.79. The first kappa shape index (κ1) is 13.1. The van der Waals surface area contributed by atoms with E-state index in [-0.39, 0.29) is 18.9 Å². The highest BCUT2D eigenvalue weighted by molar-refractivity contribution is 7.80. The van der Waals surface area contributed by atoms with E-state index in [0.717, 1.165) is 12.8 Å². The van der Waals surface area contributed by atoms with Gasteiger partial charge in [-0.3, -0.25) is 9.69 Å². The molecule has 0 aliphatic carbocycles. The Balaban J connectivity index is 2.66. The predicted octanol–water partition coefficient (Wildman–Crippen LogP) is 0.00270. The molecule has 1 rings (SSSR count). The van der Waals surface area contributed by atoms with Crippen molar-refractivity contribution in [2.75, 3.05) is 13.7 Å². The Labute approximate surface area is 100 Å². The van der Waals surface area contributed by atoms with Crippen molar-refractivity contribution in [1.82, 2.24) is 10.2 Å². The van der Waals surface area contributed by atoms with Crippen molar-refractivity contribution in [3.8, 4) is 0 Å². The van der Waals surface area contributed by atoms with E-state index >= 15 is 0 Å². The lowest BCUT2D eigenvalue weighted by Crippen LogP contribution is -2.41. The van der Waals surface area contributed by atoms with Crippen LogP contribution in [0.1, 0.15) is 12.8 Å². The Hall–Kier alpha value is -0.980. The van der Waals surface area contributed by atoms with E-state index < -0.39 is 0 Å². The van der Waals surface area contributed by atoms with Crippen molar-refractivity contribution >= 4 is 23.6 Å². The lowest BCUT2D eigenvalue weighted by molar-refractivity contribution is -0.104. The zero-order chi connectivity index (χ0) is 12.0. The van der Waals surface area contributed by atoms with E-state index in [1.807, 2.05) is 0 Å². The Kier molecular flexibility index (Phi) is 5.37. The van der Waals surface area contributed by atoms with Gasteiger partial charge in [-0.1, -0.05) is 0 Å². The van der Waals surface area contributed by atoms with Gasteiger partial charge < -0.3 is 15.2 Å². The minimum absolute atomic E-state index is 0.00799. The molecule has 2 atom stereocenters. The molecule has 1 aliphatic rings. The highest BCUT2D eigenvalue weighted by Gasteiger charge is 2.29. The largest absolute Gasteiger partial charge is 0.394 e. The first-order valence-corrected chi connectivity index (χ1v) is 5.52. The molecule has 6 heteroatoms. The highest BCUT2D eigenvalue weighted by atomic mass is 32.1. The number of hydrogen-bond donors (Lipinski definition) is 2. The fraction of sp³-hybridized carbons (Fsp3) is 0.600. The molecule has 0 aromatic rings. The second-order valence-corrected chi connectivity index (χ2v) is 3.80. The zero-order valence-corrected chi connectivity index (χ0v) is 9.94. The van der Waals surface area contributed by atoms with Crippen molar-refractivity contribution in [3.05, 3.63) is 12.3 Å². The van der Waals surface area contributed by atoms with Crippen LogP contribution in [0.2, 0.25) is 0 Å². The van der Waals surface area contributed by atoms with Gasteiger partial charge in [0.2, 0.25) is 0 Å². The van der Waals surface area contributed by atoms with E-state index in [0.29, 0.717) is 11.4 Å². The Morgan fingerprint density at radius 3 is 2.94 bits per heavy atom. The molecule has 0 spiro atoms. The summed E-state index contributed by atoms with van der Waals surface area (Å²) in [7, 11) is 1.71. The third kappa shape index (κ3) is 3.26. The summed E-state index contributed by atoms with van der Waals surface area (Å²) in [5.74, 6) is 0. The number of nitrogens with one attached hydrogen (secondary N) is 1. The van der Waals surface area contributed by atoms with Crippen molar-refractivity contribution < 1.29 is 14.6 Å². The number of aldehydes is 1. The van der Waals surface area contributed by atoms with Gasteiger partial charge in [0.05, 0.1) is 12.7 Å². The molecule has 90 valence electrons. The van der Waals surface area contributed by atoms with Crippen molar-refractivity contribution in [2.45, 2.75) is 25.2 Å². The maximum atomic E-state index is 10.3. The Morgan fingerprint density at radius 2 is 2.44 bits per heavy atom. The average Bonchev–Trinajstić information content (AvgIpc) is 2.77. The number of ether oxygens (including phenoxy) is 1. The number of allylic oxidation sites excluding steroid dienone is 1. The predicted molar refractivity (Wildman–Crippen MR) is 63.7 cm³/mol. The highest BCUT2D eigenvalue weighted by Crippen LogP contribution is 2.22. The lowest BCUT2D eigenvalue weighted by Gasteiger charge is -2.27. The van der Waals surface area contributed by atoms with Gasteiger partial charge in [0.25, 0.3) is 0 Å².